The molecular formula is C31H36FN5O4S. The molecule has 3 aromatic rings. The van der Waals surface area contributed by atoms with Crippen molar-refractivity contribution >= 4 is 34.6 Å². The largest absolute Gasteiger partial charge is 0.333 e. The molecule has 1 aromatic carbocycles. The van der Waals surface area contributed by atoms with Gasteiger partial charge in [0, 0.05) is 29.6 Å². The number of benzene rings is 1. The van der Waals surface area contributed by atoms with Gasteiger partial charge in [0.05, 0.1) is 11.6 Å². The van der Waals surface area contributed by atoms with Crippen LogP contribution in [0.25, 0.3) is 11.0 Å². The Labute approximate surface area is 247 Å². The highest BCUT2D eigenvalue weighted by molar-refractivity contribution is 7.99. The Bertz CT molecular complexity index is 1570. The van der Waals surface area contributed by atoms with Crippen molar-refractivity contribution < 1.29 is 14.0 Å². The molecule has 2 amide bonds. The fourth-order valence-electron chi connectivity index (χ4n) is 6.81. The van der Waals surface area contributed by atoms with E-state index in [1.807, 2.05) is 17.8 Å². The molecule has 2 aliphatic heterocycles. The molecule has 3 fully saturated rings. The minimum atomic E-state index is -0.620. The second kappa shape index (κ2) is 12.5. The first kappa shape index (κ1) is 28.8. The van der Waals surface area contributed by atoms with Crippen LogP contribution in [0, 0.1) is 11.7 Å². The average Bonchev–Trinajstić information content (AvgIpc) is 3.03. The number of imide groups is 1. The number of fused-ring (bicyclic) bond motifs is 1. The Kier molecular flexibility index (Phi) is 8.57. The van der Waals surface area contributed by atoms with Gasteiger partial charge in [0.25, 0.3) is 11.5 Å². The van der Waals surface area contributed by atoms with Gasteiger partial charge in [-0.3, -0.25) is 28.4 Å². The number of halogens is 1. The molecule has 0 spiro atoms. The van der Waals surface area contributed by atoms with Crippen LogP contribution in [0.3, 0.4) is 0 Å². The summed E-state index contributed by atoms with van der Waals surface area (Å²) in [4.78, 5) is 60.8. The normalized spacial score (nSPS) is 22.2. The van der Waals surface area contributed by atoms with Crippen molar-refractivity contribution in [2.24, 2.45) is 5.92 Å². The average molecular weight is 594 g/mol. The van der Waals surface area contributed by atoms with Gasteiger partial charge in [-0.25, -0.2) is 14.2 Å². The van der Waals surface area contributed by atoms with Crippen molar-refractivity contribution in [3.05, 3.63) is 74.8 Å². The van der Waals surface area contributed by atoms with Crippen molar-refractivity contribution in [1.82, 2.24) is 24.3 Å². The summed E-state index contributed by atoms with van der Waals surface area (Å²) >= 11 is 1.83. The van der Waals surface area contributed by atoms with Gasteiger partial charge in [-0.05, 0) is 94.2 Å². The molecule has 11 heteroatoms. The number of carbonyl (C=O) groups is 2. The first-order valence-corrected chi connectivity index (χ1v) is 16.1. The summed E-state index contributed by atoms with van der Waals surface area (Å²) in [6.45, 7) is 1.48. The molecule has 0 unspecified atom stereocenters. The molecule has 9 nitrogen and oxygen atoms in total. The van der Waals surface area contributed by atoms with E-state index in [4.69, 9.17) is 0 Å². The van der Waals surface area contributed by atoms with E-state index in [2.05, 4.69) is 10.3 Å². The van der Waals surface area contributed by atoms with Gasteiger partial charge in [-0.1, -0.05) is 18.2 Å². The topological polar surface area (TPSA) is 106 Å². The first-order valence-electron chi connectivity index (χ1n) is 15.0. The van der Waals surface area contributed by atoms with E-state index in [9.17, 15) is 23.6 Å². The van der Waals surface area contributed by atoms with Crippen LogP contribution in [0.4, 0.5) is 4.39 Å². The van der Waals surface area contributed by atoms with E-state index < -0.39 is 23.1 Å². The maximum atomic E-state index is 14.3. The maximum Gasteiger partial charge on any atom is 0.333 e. The van der Waals surface area contributed by atoms with Crippen LogP contribution >= 0.6 is 11.8 Å². The standard InChI is InChI=1S/C31H36FN5O4S/c32-22-18-26-27(34-19-22)35(25-12-16-42-17-13-25)31(41)37(30(26)40)24-8-6-23(7-9-24)36(28(38)20-4-2-1-3-5-20)29(39)21-10-14-33-15-11-21/h1-5,18-19,21,23-25,33H,6-17H2. The highest BCUT2D eigenvalue weighted by Gasteiger charge is 2.38. The number of amides is 2. The summed E-state index contributed by atoms with van der Waals surface area (Å²) in [7, 11) is 0. The van der Waals surface area contributed by atoms with Crippen molar-refractivity contribution in [1.29, 1.82) is 0 Å². The fourth-order valence-corrected chi connectivity index (χ4v) is 7.89. The lowest BCUT2D eigenvalue weighted by atomic mass is 9.87. The number of thioether (sulfide) groups is 1. The predicted octanol–water partition coefficient (Wildman–Crippen LogP) is 3.92. The van der Waals surface area contributed by atoms with E-state index in [1.165, 1.54) is 15.5 Å². The molecule has 6 rings (SSSR count). The molecular weight excluding hydrogens is 557 g/mol. The second-order valence-electron chi connectivity index (χ2n) is 11.6. The molecule has 4 heterocycles. The molecule has 2 aromatic heterocycles. The van der Waals surface area contributed by atoms with E-state index in [0.29, 0.717) is 44.1 Å². The number of hydrogen-bond acceptors (Lipinski definition) is 7. The molecule has 2 saturated heterocycles. The predicted molar refractivity (Wildman–Crippen MR) is 160 cm³/mol. The summed E-state index contributed by atoms with van der Waals surface area (Å²) in [6.07, 6.45) is 5.84. The molecule has 1 aliphatic carbocycles. The lowest BCUT2D eigenvalue weighted by Gasteiger charge is -2.38. The number of carbonyl (C=O) groups excluding carboxylic acids is 2. The lowest BCUT2D eigenvalue weighted by molar-refractivity contribution is -0.136. The molecule has 0 bridgehead atoms. The Morgan fingerprint density at radius 2 is 1.57 bits per heavy atom. The molecule has 42 heavy (non-hydrogen) atoms. The van der Waals surface area contributed by atoms with Crippen molar-refractivity contribution in [3.8, 4) is 0 Å². The van der Waals surface area contributed by atoms with Crippen LogP contribution < -0.4 is 16.6 Å². The zero-order valence-electron chi connectivity index (χ0n) is 23.5. The Hall–Kier alpha value is -3.31. The van der Waals surface area contributed by atoms with E-state index in [-0.39, 0.29) is 40.8 Å². The van der Waals surface area contributed by atoms with E-state index in [0.717, 1.165) is 43.6 Å². The van der Waals surface area contributed by atoms with Gasteiger partial charge < -0.3 is 5.32 Å². The quantitative estimate of drug-likeness (QED) is 0.447. The number of pyridine rings is 1. The summed E-state index contributed by atoms with van der Waals surface area (Å²) in [5.74, 6) is 0.523. The highest BCUT2D eigenvalue weighted by atomic mass is 32.2. The Morgan fingerprint density at radius 1 is 0.905 bits per heavy atom. The number of hydrogen-bond donors (Lipinski definition) is 1. The van der Waals surface area contributed by atoms with Gasteiger partial charge in [0.1, 0.15) is 11.5 Å². The smallest absolute Gasteiger partial charge is 0.317 e. The Morgan fingerprint density at radius 3 is 2.26 bits per heavy atom. The summed E-state index contributed by atoms with van der Waals surface area (Å²) in [6, 6.07) is 9.19. The molecule has 3 aliphatic rings. The zero-order chi connectivity index (χ0) is 29.2. The molecule has 1 N–H and O–H groups in total. The van der Waals surface area contributed by atoms with Crippen LogP contribution in [-0.4, -0.2) is 61.5 Å². The SMILES string of the molecule is O=C(c1ccccc1)N(C(=O)C1CCNCC1)C1CCC(n2c(=O)c3cc(F)cnc3n(C3CCSCC3)c2=O)CC1. The molecule has 0 radical (unpaired) electrons. The van der Waals surface area contributed by atoms with Gasteiger partial charge in [0.15, 0.2) is 0 Å². The number of piperidine rings is 1. The maximum absolute atomic E-state index is 14.3. The van der Waals surface area contributed by atoms with Crippen molar-refractivity contribution in [2.75, 3.05) is 24.6 Å². The van der Waals surface area contributed by atoms with Crippen LogP contribution in [0.15, 0.2) is 52.2 Å². The van der Waals surface area contributed by atoms with Crippen LogP contribution in [0.1, 0.15) is 73.8 Å². The van der Waals surface area contributed by atoms with E-state index in [1.54, 1.807) is 28.8 Å². The Balaban J connectivity index is 1.31. The fraction of sp³-hybridized carbons (Fsp3) is 0.516. The zero-order valence-corrected chi connectivity index (χ0v) is 24.4. The number of aromatic nitrogens is 3. The van der Waals surface area contributed by atoms with Gasteiger partial charge in [-0.2, -0.15) is 11.8 Å². The first-order chi connectivity index (χ1) is 20.4. The number of rotatable bonds is 5. The second-order valence-corrected chi connectivity index (χ2v) is 12.8. The number of nitrogens with one attached hydrogen (secondary N) is 1. The minimum Gasteiger partial charge on any atom is -0.317 e. The van der Waals surface area contributed by atoms with Crippen LogP contribution in [0.2, 0.25) is 0 Å². The van der Waals surface area contributed by atoms with Gasteiger partial charge in [0.2, 0.25) is 5.91 Å². The summed E-state index contributed by atoms with van der Waals surface area (Å²) in [5, 5.41) is 3.39. The highest BCUT2D eigenvalue weighted by Crippen LogP contribution is 2.33. The molecule has 222 valence electrons. The van der Waals surface area contributed by atoms with Gasteiger partial charge >= 0.3 is 5.69 Å². The van der Waals surface area contributed by atoms with Crippen molar-refractivity contribution in [2.45, 2.75) is 69.5 Å². The lowest BCUT2D eigenvalue weighted by Crippen LogP contribution is -2.51. The van der Waals surface area contributed by atoms with Gasteiger partial charge in [-0.15, -0.1) is 0 Å². The van der Waals surface area contributed by atoms with Crippen molar-refractivity contribution in [3.63, 3.8) is 0 Å². The molecule has 1 saturated carbocycles. The third-order valence-corrected chi connectivity index (χ3v) is 10.1. The van der Waals surface area contributed by atoms with Crippen LogP contribution in [-0.2, 0) is 4.79 Å². The minimum absolute atomic E-state index is 0.107. The summed E-state index contributed by atoms with van der Waals surface area (Å²) < 4.78 is 17.2. The van der Waals surface area contributed by atoms with E-state index >= 15 is 0 Å². The van der Waals surface area contributed by atoms with Crippen LogP contribution in [0.5, 0.6) is 0 Å². The third kappa shape index (κ3) is 5.56. The number of nitrogens with zero attached hydrogens (tertiary/aromatic N) is 4. The monoisotopic (exact) mass is 593 g/mol. The summed E-state index contributed by atoms with van der Waals surface area (Å²) in [5.41, 5.74) is -0.235. The third-order valence-electron chi connectivity index (χ3n) is 9.04. The molecule has 0 atom stereocenters.